The second kappa shape index (κ2) is 9.99. The number of carbonyl (C=O) groups excluding carboxylic acids is 1. The van der Waals surface area contributed by atoms with Gasteiger partial charge in [-0.25, -0.2) is 4.68 Å². The topological polar surface area (TPSA) is 75.1 Å². The van der Waals surface area contributed by atoms with Gasteiger partial charge in [-0.05, 0) is 47.0 Å². The van der Waals surface area contributed by atoms with E-state index in [1.165, 1.54) is 0 Å². The van der Waals surface area contributed by atoms with Crippen LogP contribution in [0.2, 0.25) is 0 Å². The number of nitrogens with one attached hydrogen (secondary N) is 2. The van der Waals surface area contributed by atoms with Crippen molar-refractivity contribution in [3.05, 3.63) is 11.9 Å². The number of halogens is 2. The number of carbonyl (C=O) groups is 1. The van der Waals surface area contributed by atoms with Crippen molar-refractivity contribution in [3.63, 3.8) is 0 Å². The molecule has 128 valence electrons. The van der Waals surface area contributed by atoms with E-state index < -0.39 is 0 Å². The molecule has 1 aliphatic heterocycles. The maximum absolute atomic E-state index is 12.0. The molecule has 0 aromatic carbocycles. The predicted octanol–water partition coefficient (Wildman–Crippen LogP) is 0.726. The summed E-state index contributed by atoms with van der Waals surface area (Å²) in [6.45, 7) is 4.65. The van der Waals surface area contributed by atoms with Crippen molar-refractivity contribution < 1.29 is 4.79 Å². The van der Waals surface area contributed by atoms with Crippen molar-refractivity contribution in [3.8, 4) is 0 Å². The van der Waals surface area contributed by atoms with Crippen molar-refractivity contribution in [2.24, 2.45) is 0 Å². The molecule has 9 heteroatoms. The zero-order chi connectivity index (χ0) is 14.5. The minimum absolute atomic E-state index is 0. The third-order valence-corrected chi connectivity index (χ3v) is 3.87. The second-order valence-electron chi connectivity index (χ2n) is 5.59. The molecule has 7 nitrogen and oxygen atoms in total. The lowest BCUT2D eigenvalue weighted by atomic mass is 10.1. The lowest BCUT2D eigenvalue weighted by molar-refractivity contribution is 0.0938. The number of amides is 1. The van der Waals surface area contributed by atoms with E-state index in [2.05, 4.69) is 32.8 Å². The van der Waals surface area contributed by atoms with Gasteiger partial charge in [0.2, 0.25) is 0 Å². The van der Waals surface area contributed by atoms with E-state index >= 15 is 0 Å². The second-order valence-corrected chi connectivity index (χ2v) is 5.59. The summed E-state index contributed by atoms with van der Waals surface area (Å²) in [4.78, 5) is 14.1. The number of nitrogens with zero attached hydrogens (tertiary/aromatic N) is 4. The molecule has 1 saturated heterocycles. The fourth-order valence-electron chi connectivity index (χ4n) is 2.14. The molecule has 0 bridgehead atoms. The average Bonchev–Trinajstić information content (AvgIpc) is 2.95. The van der Waals surface area contributed by atoms with Gasteiger partial charge >= 0.3 is 0 Å². The molecule has 1 unspecified atom stereocenters. The van der Waals surface area contributed by atoms with Crippen molar-refractivity contribution >= 4 is 30.7 Å². The van der Waals surface area contributed by atoms with Crippen LogP contribution in [0, 0.1) is 0 Å². The maximum Gasteiger partial charge on any atom is 0.273 e. The van der Waals surface area contributed by atoms with Gasteiger partial charge in [0.05, 0.1) is 12.2 Å². The first-order valence-electron chi connectivity index (χ1n) is 7.15. The molecule has 1 aromatic rings. The van der Waals surface area contributed by atoms with Crippen LogP contribution in [0.15, 0.2) is 6.20 Å². The highest BCUT2D eigenvalue weighted by Gasteiger charge is 2.19. The Labute approximate surface area is 144 Å². The van der Waals surface area contributed by atoms with E-state index in [0.717, 1.165) is 25.9 Å². The largest absolute Gasteiger partial charge is 0.349 e. The van der Waals surface area contributed by atoms with Gasteiger partial charge in [0, 0.05) is 12.6 Å². The van der Waals surface area contributed by atoms with Crippen molar-refractivity contribution in [2.45, 2.75) is 31.8 Å². The predicted molar refractivity (Wildman–Crippen MR) is 91.1 cm³/mol. The first-order chi connectivity index (χ1) is 9.58. The number of hydrogen-bond acceptors (Lipinski definition) is 5. The molecule has 1 amide bonds. The Morgan fingerprint density at radius 1 is 1.45 bits per heavy atom. The molecule has 2 N–H and O–H groups in total. The summed E-state index contributed by atoms with van der Waals surface area (Å²) in [5.41, 5.74) is 0.398. The van der Waals surface area contributed by atoms with Gasteiger partial charge in [-0.15, -0.1) is 29.9 Å². The zero-order valence-corrected chi connectivity index (χ0v) is 14.9. The fourth-order valence-corrected chi connectivity index (χ4v) is 2.14. The van der Waals surface area contributed by atoms with E-state index in [1.807, 2.05) is 18.8 Å². The zero-order valence-electron chi connectivity index (χ0n) is 13.3. The first kappa shape index (κ1) is 21.1. The Kier molecular flexibility index (Phi) is 9.59. The molecule has 1 aliphatic rings. The highest BCUT2D eigenvalue weighted by molar-refractivity contribution is 5.91. The van der Waals surface area contributed by atoms with Gasteiger partial charge in [0.15, 0.2) is 5.69 Å². The average molecular weight is 353 g/mol. The molecule has 0 aliphatic carbocycles. The number of piperidine rings is 1. The summed E-state index contributed by atoms with van der Waals surface area (Å²) >= 11 is 0. The Morgan fingerprint density at radius 3 is 2.68 bits per heavy atom. The number of rotatable bonds is 5. The Hall–Kier alpha value is -0.890. The smallest absolute Gasteiger partial charge is 0.273 e. The lowest BCUT2D eigenvalue weighted by Crippen LogP contribution is -2.38. The number of likely N-dealkylation sites (N-methyl/N-ethyl adjacent to an activating group) is 1. The maximum atomic E-state index is 12.0. The first-order valence-corrected chi connectivity index (χ1v) is 7.15. The highest BCUT2D eigenvalue weighted by Crippen LogP contribution is 2.16. The molecule has 0 radical (unpaired) electrons. The minimum atomic E-state index is -0.154. The molecule has 0 spiro atoms. The Balaban J connectivity index is 0.00000220. The lowest BCUT2D eigenvalue weighted by Gasteiger charge is -2.22. The molecule has 1 atom stereocenters. The number of aromatic nitrogens is 3. The summed E-state index contributed by atoms with van der Waals surface area (Å²) in [6.07, 6.45) is 3.82. The summed E-state index contributed by atoms with van der Waals surface area (Å²) in [7, 11) is 3.98. The third kappa shape index (κ3) is 5.72. The van der Waals surface area contributed by atoms with Crippen LogP contribution in [0.5, 0.6) is 0 Å². The Morgan fingerprint density at radius 2 is 2.09 bits per heavy atom. The standard InChI is InChI=1S/C13H24N6O.2ClH/c1-10(18(2)3)8-15-13(20)12-9-19(17-16-12)11-4-6-14-7-5-11;;/h9-11,14H,4-8H2,1-3H3,(H,15,20);2*1H. The van der Waals surface area contributed by atoms with Crippen LogP contribution in [0.25, 0.3) is 0 Å². The summed E-state index contributed by atoms with van der Waals surface area (Å²) in [5.74, 6) is -0.154. The van der Waals surface area contributed by atoms with E-state index in [-0.39, 0.29) is 30.7 Å². The van der Waals surface area contributed by atoms with Crippen LogP contribution in [0.4, 0.5) is 0 Å². The summed E-state index contributed by atoms with van der Waals surface area (Å²) in [5, 5.41) is 14.3. The summed E-state index contributed by atoms with van der Waals surface area (Å²) < 4.78 is 1.82. The highest BCUT2D eigenvalue weighted by atomic mass is 35.5. The number of hydrogen-bond donors (Lipinski definition) is 2. The van der Waals surface area contributed by atoms with Crippen LogP contribution in [-0.2, 0) is 0 Å². The monoisotopic (exact) mass is 352 g/mol. The SMILES string of the molecule is CC(CNC(=O)c1cn(C2CCNCC2)nn1)N(C)C.Cl.Cl. The van der Waals surface area contributed by atoms with Gasteiger partial charge in [-0.3, -0.25) is 4.79 Å². The van der Waals surface area contributed by atoms with Crippen LogP contribution in [0.1, 0.15) is 36.3 Å². The van der Waals surface area contributed by atoms with Gasteiger partial charge < -0.3 is 15.5 Å². The molecule has 2 rings (SSSR count). The molecular formula is C13H26Cl2N6O. The quantitative estimate of drug-likeness (QED) is 0.816. The summed E-state index contributed by atoms with van der Waals surface area (Å²) in [6, 6.07) is 0.643. The molecule has 1 aromatic heterocycles. The molecule has 1 fully saturated rings. The molecule has 0 saturated carbocycles. The van der Waals surface area contributed by atoms with Crippen LogP contribution in [0.3, 0.4) is 0 Å². The van der Waals surface area contributed by atoms with E-state index in [9.17, 15) is 4.79 Å². The fraction of sp³-hybridized carbons (Fsp3) is 0.769. The Bertz CT molecular complexity index is 447. The van der Waals surface area contributed by atoms with Crippen molar-refractivity contribution in [1.82, 2.24) is 30.5 Å². The van der Waals surface area contributed by atoms with Crippen LogP contribution in [-0.4, -0.2) is 65.6 Å². The van der Waals surface area contributed by atoms with Crippen LogP contribution < -0.4 is 10.6 Å². The van der Waals surface area contributed by atoms with Crippen molar-refractivity contribution in [1.29, 1.82) is 0 Å². The van der Waals surface area contributed by atoms with Gasteiger partial charge in [-0.1, -0.05) is 5.21 Å². The van der Waals surface area contributed by atoms with Gasteiger partial charge in [0.25, 0.3) is 5.91 Å². The normalized spacial score (nSPS) is 16.5. The van der Waals surface area contributed by atoms with E-state index in [1.54, 1.807) is 6.20 Å². The van der Waals surface area contributed by atoms with Gasteiger partial charge in [-0.2, -0.15) is 0 Å². The molecular weight excluding hydrogens is 327 g/mol. The van der Waals surface area contributed by atoms with E-state index in [0.29, 0.717) is 24.3 Å². The van der Waals surface area contributed by atoms with Gasteiger partial charge in [0.1, 0.15) is 0 Å². The van der Waals surface area contributed by atoms with Crippen molar-refractivity contribution in [2.75, 3.05) is 33.7 Å². The van der Waals surface area contributed by atoms with E-state index in [4.69, 9.17) is 0 Å². The van der Waals surface area contributed by atoms with Crippen LogP contribution >= 0.6 is 24.8 Å². The third-order valence-electron chi connectivity index (χ3n) is 3.87. The minimum Gasteiger partial charge on any atom is -0.349 e. The molecule has 2 heterocycles. The molecule has 22 heavy (non-hydrogen) atoms.